The van der Waals surface area contributed by atoms with E-state index in [2.05, 4.69) is 33.0 Å². The van der Waals surface area contributed by atoms with E-state index in [9.17, 15) is 4.79 Å². The van der Waals surface area contributed by atoms with Crippen molar-refractivity contribution in [1.82, 2.24) is 23.8 Å². The Kier molecular flexibility index (Phi) is 3.89. The summed E-state index contributed by atoms with van der Waals surface area (Å²) in [6, 6.07) is 7.66. The van der Waals surface area contributed by atoms with E-state index < -0.39 is 0 Å². The molecule has 0 spiro atoms. The van der Waals surface area contributed by atoms with E-state index in [4.69, 9.17) is 0 Å². The lowest BCUT2D eigenvalue weighted by Gasteiger charge is -2.05. The second kappa shape index (κ2) is 5.84. The number of benzene rings is 1. The third-order valence-corrected chi connectivity index (χ3v) is 4.05. The Hall–Kier alpha value is -2.28. The number of hydrogen-bond acceptors (Lipinski definition) is 5. The Labute approximate surface area is 132 Å². The van der Waals surface area contributed by atoms with Gasteiger partial charge in [-0.1, -0.05) is 19.9 Å². The van der Waals surface area contributed by atoms with E-state index in [0.717, 1.165) is 22.3 Å². The summed E-state index contributed by atoms with van der Waals surface area (Å²) in [5.41, 5.74) is 4.23. The highest BCUT2D eigenvalue weighted by molar-refractivity contribution is 7.00. The molecular weight excluding hydrogens is 298 g/mol. The average molecular weight is 315 g/mol. The highest BCUT2D eigenvalue weighted by atomic mass is 32.1. The predicted molar refractivity (Wildman–Crippen MR) is 85.9 cm³/mol. The van der Waals surface area contributed by atoms with Gasteiger partial charge in [0.25, 0.3) is 5.91 Å². The van der Waals surface area contributed by atoms with Gasteiger partial charge in [0.05, 0.1) is 17.4 Å². The van der Waals surface area contributed by atoms with Crippen molar-refractivity contribution >= 4 is 28.7 Å². The maximum atomic E-state index is 12.3. The van der Waals surface area contributed by atoms with E-state index in [1.54, 1.807) is 11.7 Å². The summed E-state index contributed by atoms with van der Waals surface area (Å²) in [5, 5.41) is 7.28. The molecule has 22 heavy (non-hydrogen) atoms. The molecule has 114 valence electrons. The topological polar surface area (TPSA) is 72.7 Å². The zero-order valence-electron chi connectivity index (χ0n) is 12.7. The van der Waals surface area contributed by atoms with Gasteiger partial charge in [-0.15, -0.1) is 0 Å². The van der Waals surface area contributed by atoms with Gasteiger partial charge in [0, 0.05) is 13.6 Å². The minimum atomic E-state index is -0.126. The van der Waals surface area contributed by atoms with E-state index in [1.807, 2.05) is 24.3 Å². The maximum Gasteiger partial charge on any atom is 0.269 e. The van der Waals surface area contributed by atoms with Crippen LogP contribution in [-0.4, -0.2) is 24.4 Å². The van der Waals surface area contributed by atoms with Gasteiger partial charge in [0.1, 0.15) is 16.7 Å². The van der Waals surface area contributed by atoms with E-state index in [0.29, 0.717) is 18.2 Å². The number of nitrogens with one attached hydrogen (secondary N) is 1. The van der Waals surface area contributed by atoms with Crippen LogP contribution in [0.1, 0.15) is 41.5 Å². The lowest BCUT2D eigenvalue weighted by atomic mass is 10.1. The number of fused-ring (bicyclic) bond motifs is 1. The van der Waals surface area contributed by atoms with Gasteiger partial charge in [-0.2, -0.15) is 13.8 Å². The molecule has 6 nitrogen and oxygen atoms in total. The smallest absolute Gasteiger partial charge is 0.269 e. The summed E-state index contributed by atoms with van der Waals surface area (Å²) in [7, 11) is 1.79. The molecule has 7 heteroatoms. The van der Waals surface area contributed by atoms with Crippen molar-refractivity contribution in [2.24, 2.45) is 7.05 Å². The van der Waals surface area contributed by atoms with Crippen molar-refractivity contribution in [2.45, 2.75) is 26.3 Å². The molecule has 0 bridgehead atoms. The molecule has 1 amide bonds. The first-order valence-electron chi connectivity index (χ1n) is 7.08. The van der Waals surface area contributed by atoms with Crippen LogP contribution in [-0.2, 0) is 13.6 Å². The summed E-state index contributed by atoms with van der Waals surface area (Å²) in [6.45, 7) is 4.57. The third-order valence-electron chi connectivity index (χ3n) is 3.49. The molecule has 0 fully saturated rings. The highest BCUT2D eigenvalue weighted by Gasteiger charge is 2.14. The standard InChI is InChI=1S/C15H17N5OS/c1-9(2)12-7-14(20(3)17-12)15(21)16-8-10-4-5-11-13(6-10)19-22-18-11/h4-7,9H,8H2,1-3H3,(H,16,21). The van der Waals surface area contributed by atoms with Crippen molar-refractivity contribution in [1.29, 1.82) is 0 Å². The number of carbonyl (C=O) groups is 1. The quantitative estimate of drug-likeness (QED) is 0.803. The SMILES string of the molecule is CC(C)c1cc(C(=O)NCc2ccc3nsnc3c2)n(C)n1. The van der Waals surface area contributed by atoms with E-state index in [-0.39, 0.29) is 5.91 Å². The molecule has 0 aliphatic carbocycles. The molecule has 2 heterocycles. The van der Waals surface area contributed by atoms with Gasteiger partial charge in [0.2, 0.25) is 0 Å². The van der Waals surface area contributed by atoms with Crippen molar-refractivity contribution in [3.8, 4) is 0 Å². The van der Waals surface area contributed by atoms with Gasteiger partial charge in [-0.3, -0.25) is 9.48 Å². The first kappa shape index (κ1) is 14.6. The number of nitrogens with zero attached hydrogens (tertiary/aromatic N) is 4. The van der Waals surface area contributed by atoms with Gasteiger partial charge < -0.3 is 5.32 Å². The van der Waals surface area contributed by atoms with Crippen molar-refractivity contribution in [2.75, 3.05) is 0 Å². The van der Waals surface area contributed by atoms with Gasteiger partial charge in [0.15, 0.2) is 0 Å². The van der Waals surface area contributed by atoms with Crippen LogP contribution in [0.15, 0.2) is 24.3 Å². The zero-order chi connectivity index (χ0) is 15.7. The van der Waals surface area contributed by atoms with Gasteiger partial charge in [-0.25, -0.2) is 0 Å². The Balaban J connectivity index is 1.71. The van der Waals surface area contributed by atoms with Crippen molar-refractivity contribution < 1.29 is 4.79 Å². The van der Waals surface area contributed by atoms with Crippen molar-refractivity contribution in [3.63, 3.8) is 0 Å². The summed E-state index contributed by atoms with van der Waals surface area (Å²) >= 11 is 1.19. The van der Waals surface area contributed by atoms with Crippen LogP contribution >= 0.6 is 11.7 Å². The van der Waals surface area contributed by atoms with E-state index >= 15 is 0 Å². The molecule has 1 N–H and O–H groups in total. The monoisotopic (exact) mass is 315 g/mol. The molecule has 0 atom stereocenters. The predicted octanol–water partition coefficient (Wildman–Crippen LogP) is 2.48. The molecule has 3 aromatic rings. The molecule has 3 rings (SSSR count). The van der Waals surface area contributed by atoms with Crippen LogP contribution in [0, 0.1) is 0 Å². The van der Waals surface area contributed by atoms with Gasteiger partial charge in [-0.05, 0) is 29.7 Å². The Morgan fingerprint density at radius 1 is 1.27 bits per heavy atom. The molecule has 0 saturated heterocycles. The summed E-state index contributed by atoms with van der Waals surface area (Å²) in [4.78, 5) is 12.3. The number of aromatic nitrogens is 4. The van der Waals surface area contributed by atoms with Crippen LogP contribution in [0.2, 0.25) is 0 Å². The first-order chi connectivity index (χ1) is 10.5. The summed E-state index contributed by atoms with van der Waals surface area (Å²) < 4.78 is 9.99. The fourth-order valence-corrected chi connectivity index (χ4v) is 2.71. The average Bonchev–Trinajstić information content (AvgIpc) is 3.10. The Bertz CT molecular complexity index is 820. The number of amides is 1. The number of hydrogen-bond donors (Lipinski definition) is 1. The Morgan fingerprint density at radius 3 is 2.77 bits per heavy atom. The second-order valence-electron chi connectivity index (χ2n) is 5.50. The first-order valence-corrected chi connectivity index (χ1v) is 7.81. The normalized spacial score (nSPS) is 11.3. The lowest BCUT2D eigenvalue weighted by molar-refractivity contribution is 0.0941. The number of rotatable bonds is 4. The van der Waals surface area contributed by atoms with Crippen LogP contribution in [0.3, 0.4) is 0 Å². The highest BCUT2D eigenvalue weighted by Crippen LogP contribution is 2.15. The Morgan fingerprint density at radius 2 is 2.05 bits per heavy atom. The van der Waals surface area contributed by atoms with Crippen LogP contribution in [0.4, 0.5) is 0 Å². The van der Waals surface area contributed by atoms with Crippen molar-refractivity contribution in [3.05, 3.63) is 41.2 Å². The number of aryl methyl sites for hydroxylation is 1. The molecule has 0 unspecified atom stereocenters. The largest absolute Gasteiger partial charge is 0.347 e. The molecular formula is C15H17N5OS. The maximum absolute atomic E-state index is 12.3. The fourth-order valence-electron chi connectivity index (χ4n) is 2.19. The second-order valence-corrected chi connectivity index (χ2v) is 6.03. The van der Waals surface area contributed by atoms with Gasteiger partial charge >= 0.3 is 0 Å². The molecule has 0 radical (unpaired) electrons. The number of carbonyl (C=O) groups excluding carboxylic acids is 1. The van der Waals surface area contributed by atoms with Crippen LogP contribution in [0.25, 0.3) is 11.0 Å². The minimum absolute atomic E-state index is 0.126. The minimum Gasteiger partial charge on any atom is -0.347 e. The van der Waals surface area contributed by atoms with Crippen LogP contribution in [0.5, 0.6) is 0 Å². The molecule has 0 saturated carbocycles. The van der Waals surface area contributed by atoms with E-state index in [1.165, 1.54) is 11.7 Å². The van der Waals surface area contributed by atoms with Crippen LogP contribution < -0.4 is 5.32 Å². The lowest BCUT2D eigenvalue weighted by Crippen LogP contribution is -2.25. The molecule has 1 aromatic carbocycles. The zero-order valence-corrected chi connectivity index (χ0v) is 13.5. The molecule has 0 aliphatic rings. The molecule has 2 aromatic heterocycles. The molecule has 0 aliphatic heterocycles. The summed E-state index contributed by atoms with van der Waals surface area (Å²) in [6.07, 6.45) is 0. The fraction of sp³-hybridized carbons (Fsp3) is 0.333. The summed E-state index contributed by atoms with van der Waals surface area (Å²) in [5.74, 6) is 0.172. The third kappa shape index (κ3) is 2.85.